The highest BCUT2D eigenvalue weighted by Gasteiger charge is 2.20. The highest BCUT2D eigenvalue weighted by atomic mass is 19.1. The molecule has 2 heterocycles. The topological polar surface area (TPSA) is 50.9 Å². The van der Waals surface area contributed by atoms with Crippen LogP contribution in [0.4, 0.5) is 4.39 Å². The number of hydrogen-bond donors (Lipinski definition) is 1. The van der Waals surface area contributed by atoms with Gasteiger partial charge in [-0.3, -0.25) is 4.98 Å². The van der Waals surface area contributed by atoms with E-state index in [1.165, 1.54) is 17.7 Å². The number of nitrogens with zero attached hydrogens (tertiary/aromatic N) is 3. The summed E-state index contributed by atoms with van der Waals surface area (Å²) in [6.45, 7) is 0. The molecule has 2 aromatic carbocycles. The second-order valence-electron chi connectivity index (χ2n) is 6.27. The van der Waals surface area contributed by atoms with E-state index in [0.717, 1.165) is 16.7 Å². The van der Waals surface area contributed by atoms with Gasteiger partial charge in [0.25, 0.3) is 0 Å². The van der Waals surface area contributed by atoms with Crippen LogP contribution >= 0.6 is 0 Å². The maximum Gasteiger partial charge on any atom is 0.146 e. The van der Waals surface area contributed by atoms with Crippen LogP contribution in [0.5, 0.6) is 0 Å². The number of imidazole rings is 1. The van der Waals surface area contributed by atoms with Gasteiger partial charge in [-0.15, -0.1) is 0 Å². The van der Waals surface area contributed by atoms with Gasteiger partial charge in [0.2, 0.25) is 0 Å². The monoisotopic (exact) mass is 359 g/mol. The van der Waals surface area contributed by atoms with Crippen molar-refractivity contribution in [3.8, 4) is 22.5 Å². The second kappa shape index (κ2) is 7.41. The van der Waals surface area contributed by atoms with Gasteiger partial charge in [-0.25, -0.2) is 9.37 Å². The van der Waals surface area contributed by atoms with Crippen LogP contribution < -0.4 is 0 Å². The largest absolute Gasteiger partial charge is 0.427 e. The molecular weight excluding hydrogens is 341 g/mol. The van der Waals surface area contributed by atoms with Crippen LogP contribution in [0.2, 0.25) is 0 Å². The van der Waals surface area contributed by atoms with Crippen molar-refractivity contribution in [3.05, 3.63) is 96.3 Å². The number of pyridine rings is 1. The Hall–Kier alpha value is -3.47. The Balaban J connectivity index is 1.76. The van der Waals surface area contributed by atoms with Crippen molar-refractivity contribution in [3.63, 3.8) is 0 Å². The molecule has 4 rings (SSSR count). The lowest BCUT2D eigenvalue weighted by atomic mass is 10.1. The normalized spacial score (nSPS) is 10.9. The first-order chi connectivity index (χ1) is 13.2. The lowest BCUT2D eigenvalue weighted by Gasteiger charge is -2.06. The Morgan fingerprint density at radius 1 is 0.815 bits per heavy atom. The molecule has 5 heteroatoms. The van der Waals surface area contributed by atoms with Gasteiger partial charge in [-0.05, 0) is 48.4 Å². The van der Waals surface area contributed by atoms with Crippen LogP contribution in [0.3, 0.4) is 0 Å². The molecule has 0 saturated carbocycles. The standard InChI is InChI=1S/C22H18FN3O/c23-19-9-7-18(8-10-19)22-21(17-12-14-24-15-13-17)25-20(26(22)27)11-6-16-4-2-1-3-5-16/h1-5,7-10,12-15,27H,6,11H2. The van der Waals surface area contributed by atoms with Crippen molar-refractivity contribution in [1.29, 1.82) is 0 Å². The van der Waals surface area contributed by atoms with E-state index < -0.39 is 0 Å². The summed E-state index contributed by atoms with van der Waals surface area (Å²) in [5, 5.41) is 10.8. The molecule has 27 heavy (non-hydrogen) atoms. The van der Waals surface area contributed by atoms with E-state index in [9.17, 15) is 9.60 Å². The Kier molecular flexibility index (Phi) is 4.66. The molecule has 4 aromatic rings. The van der Waals surface area contributed by atoms with Gasteiger partial charge in [0.15, 0.2) is 0 Å². The van der Waals surface area contributed by atoms with E-state index in [-0.39, 0.29) is 5.82 Å². The summed E-state index contributed by atoms with van der Waals surface area (Å²) in [4.78, 5) is 8.73. The smallest absolute Gasteiger partial charge is 0.146 e. The van der Waals surface area contributed by atoms with Crippen molar-refractivity contribution < 1.29 is 9.60 Å². The first kappa shape index (κ1) is 17.0. The maximum atomic E-state index is 13.3. The summed E-state index contributed by atoms with van der Waals surface area (Å²) >= 11 is 0. The predicted molar refractivity (Wildman–Crippen MR) is 102 cm³/mol. The lowest BCUT2D eigenvalue weighted by molar-refractivity contribution is 0.180. The van der Waals surface area contributed by atoms with Crippen LogP contribution in [-0.2, 0) is 12.8 Å². The molecule has 0 aliphatic heterocycles. The third kappa shape index (κ3) is 3.58. The Bertz CT molecular complexity index is 1030. The van der Waals surface area contributed by atoms with Crippen LogP contribution in [0, 0.1) is 5.82 Å². The number of aryl methyl sites for hydroxylation is 2. The van der Waals surface area contributed by atoms with Crippen molar-refractivity contribution in [2.24, 2.45) is 0 Å². The molecule has 0 unspecified atom stereocenters. The summed E-state index contributed by atoms with van der Waals surface area (Å²) in [7, 11) is 0. The van der Waals surface area contributed by atoms with Gasteiger partial charge in [-0.1, -0.05) is 30.3 Å². The Morgan fingerprint density at radius 2 is 1.52 bits per heavy atom. The van der Waals surface area contributed by atoms with Gasteiger partial charge in [0.05, 0.1) is 0 Å². The minimum absolute atomic E-state index is 0.322. The summed E-state index contributed by atoms with van der Waals surface area (Å²) in [5.41, 5.74) is 3.91. The van der Waals surface area contributed by atoms with E-state index in [2.05, 4.69) is 22.1 Å². The maximum absolute atomic E-state index is 13.3. The van der Waals surface area contributed by atoms with Crippen LogP contribution in [0.25, 0.3) is 22.5 Å². The molecule has 134 valence electrons. The fourth-order valence-electron chi connectivity index (χ4n) is 3.10. The average molecular weight is 359 g/mol. The minimum Gasteiger partial charge on any atom is -0.427 e. The van der Waals surface area contributed by atoms with Gasteiger partial charge in [-0.2, -0.15) is 4.73 Å². The molecule has 2 aromatic heterocycles. The highest BCUT2D eigenvalue weighted by Crippen LogP contribution is 2.32. The van der Waals surface area contributed by atoms with Gasteiger partial charge in [0.1, 0.15) is 23.0 Å². The molecule has 0 aliphatic rings. The Morgan fingerprint density at radius 3 is 2.22 bits per heavy atom. The second-order valence-corrected chi connectivity index (χ2v) is 6.27. The minimum atomic E-state index is -0.322. The van der Waals surface area contributed by atoms with Crippen molar-refractivity contribution in [1.82, 2.24) is 14.7 Å². The van der Waals surface area contributed by atoms with Crippen molar-refractivity contribution >= 4 is 0 Å². The van der Waals surface area contributed by atoms with Crippen LogP contribution in [-0.4, -0.2) is 19.9 Å². The number of benzene rings is 2. The quantitative estimate of drug-likeness (QED) is 0.522. The van der Waals surface area contributed by atoms with Crippen molar-refractivity contribution in [2.75, 3.05) is 0 Å². The third-order valence-corrected chi connectivity index (χ3v) is 4.47. The predicted octanol–water partition coefficient (Wildman–Crippen LogP) is 4.77. The highest BCUT2D eigenvalue weighted by molar-refractivity contribution is 5.78. The first-order valence-electron chi connectivity index (χ1n) is 8.73. The molecule has 0 aliphatic carbocycles. The van der Waals surface area contributed by atoms with E-state index >= 15 is 0 Å². The van der Waals surface area contributed by atoms with Crippen LogP contribution in [0.1, 0.15) is 11.4 Å². The molecule has 1 N–H and O–H groups in total. The number of rotatable bonds is 5. The molecule has 0 saturated heterocycles. The fourth-order valence-corrected chi connectivity index (χ4v) is 3.10. The summed E-state index contributed by atoms with van der Waals surface area (Å²) in [6, 6.07) is 19.8. The zero-order valence-electron chi connectivity index (χ0n) is 14.6. The van der Waals surface area contributed by atoms with Crippen LogP contribution in [0.15, 0.2) is 79.1 Å². The van der Waals surface area contributed by atoms with E-state index in [0.29, 0.717) is 29.2 Å². The fraction of sp³-hybridized carbons (Fsp3) is 0.0909. The summed E-state index contributed by atoms with van der Waals surface area (Å²) in [6.07, 6.45) is 4.71. The SMILES string of the molecule is On1c(CCc2ccccc2)nc(-c2ccncc2)c1-c1ccc(F)cc1. The number of halogens is 1. The Labute approximate surface area is 156 Å². The summed E-state index contributed by atoms with van der Waals surface area (Å²) in [5.74, 6) is 0.238. The molecule has 0 spiro atoms. The summed E-state index contributed by atoms with van der Waals surface area (Å²) < 4.78 is 14.5. The molecule has 0 bridgehead atoms. The van der Waals surface area contributed by atoms with Gasteiger partial charge >= 0.3 is 0 Å². The lowest BCUT2D eigenvalue weighted by Crippen LogP contribution is -2.03. The molecule has 4 nitrogen and oxygen atoms in total. The molecule has 0 radical (unpaired) electrons. The molecule has 0 fully saturated rings. The number of hydrogen-bond acceptors (Lipinski definition) is 3. The molecule has 0 amide bonds. The average Bonchev–Trinajstić information content (AvgIpc) is 3.05. The molecular formula is C22H18FN3O. The van der Waals surface area contributed by atoms with Crippen molar-refractivity contribution in [2.45, 2.75) is 12.8 Å². The van der Waals surface area contributed by atoms with E-state index in [1.54, 1.807) is 24.5 Å². The first-order valence-corrected chi connectivity index (χ1v) is 8.73. The van der Waals surface area contributed by atoms with Gasteiger partial charge in [0, 0.05) is 29.9 Å². The van der Waals surface area contributed by atoms with Gasteiger partial charge < -0.3 is 5.21 Å². The zero-order chi connectivity index (χ0) is 18.6. The third-order valence-electron chi connectivity index (χ3n) is 4.47. The number of aromatic nitrogens is 3. The van der Waals surface area contributed by atoms with E-state index in [1.807, 2.05) is 30.3 Å². The molecule has 0 atom stereocenters. The van der Waals surface area contributed by atoms with E-state index in [4.69, 9.17) is 0 Å². The zero-order valence-corrected chi connectivity index (χ0v) is 14.6.